The minimum Gasteiger partial charge on any atom is -0.442 e. The molecular formula is C18H26N2O4. The second kappa shape index (κ2) is 8.13. The Morgan fingerprint density at radius 2 is 2.04 bits per heavy atom. The number of ether oxygens (including phenoxy) is 1. The molecule has 1 N–H and O–H groups in total. The molecule has 1 saturated carbocycles. The van der Waals surface area contributed by atoms with Gasteiger partial charge >= 0.3 is 12.1 Å². The molecule has 2 rings (SSSR count). The molecule has 0 aliphatic heterocycles. The molecule has 132 valence electrons. The summed E-state index contributed by atoms with van der Waals surface area (Å²) in [5.74, 6) is 0.0408. The number of hydrogen-bond acceptors (Lipinski definition) is 5. The lowest BCUT2D eigenvalue weighted by molar-refractivity contribution is -0.151. The molecule has 24 heavy (non-hydrogen) atoms. The van der Waals surface area contributed by atoms with E-state index in [0.717, 1.165) is 18.4 Å². The Kier molecular flexibility index (Phi) is 6.17. The highest BCUT2D eigenvalue weighted by Crippen LogP contribution is 2.39. The number of amides is 1. The third-order valence-electron chi connectivity index (χ3n) is 4.12. The molecule has 0 spiro atoms. The molecule has 1 atom stereocenters. The zero-order valence-corrected chi connectivity index (χ0v) is 14.6. The summed E-state index contributed by atoms with van der Waals surface area (Å²) in [4.78, 5) is 32.7. The molecule has 6 heteroatoms. The third-order valence-corrected chi connectivity index (χ3v) is 4.12. The molecule has 1 aliphatic carbocycles. The molecule has 6 nitrogen and oxygen atoms in total. The molecular weight excluding hydrogens is 308 g/mol. The van der Waals surface area contributed by atoms with Crippen LogP contribution in [0.3, 0.4) is 0 Å². The predicted octanol–water partition coefficient (Wildman–Crippen LogP) is 3.73. The fraction of sp³-hybridized carbons (Fsp3) is 0.611. The van der Waals surface area contributed by atoms with Crippen LogP contribution < -0.4 is 5.48 Å². The Labute approximate surface area is 142 Å². The van der Waals surface area contributed by atoms with Crippen LogP contribution in [0.2, 0.25) is 0 Å². The summed E-state index contributed by atoms with van der Waals surface area (Å²) in [6, 6.07) is 3.87. The summed E-state index contributed by atoms with van der Waals surface area (Å²) in [6.45, 7) is 5.23. The molecule has 1 aliphatic rings. The van der Waals surface area contributed by atoms with Crippen molar-refractivity contribution in [2.75, 3.05) is 0 Å². The lowest BCUT2D eigenvalue weighted by Gasteiger charge is -2.23. The van der Waals surface area contributed by atoms with Gasteiger partial charge in [-0.05, 0) is 57.1 Å². The number of carbonyl (C=O) groups is 2. The zero-order valence-electron chi connectivity index (χ0n) is 14.6. The largest absolute Gasteiger partial charge is 0.442 e. The minimum atomic E-state index is -0.769. The summed E-state index contributed by atoms with van der Waals surface area (Å²) in [5, 5.41) is 0. The average Bonchev–Trinajstić information content (AvgIpc) is 3.04. The van der Waals surface area contributed by atoms with Crippen molar-refractivity contribution in [1.29, 1.82) is 0 Å². The molecule has 1 amide bonds. The van der Waals surface area contributed by atoms with Gasteiger partial charge in [-0.2, -0.15) is 0 Å². The van der Waals surface area contributed by atoms with E-state index in [1.54, 1.807) is 33.2 Å². The summed E-state index contributed by atoms with van der Waals surface area (Å²) < 4.78 is 5.04. The summed E-state index contributed by atoms with van der Waals surface area (Å²) >= 11 is 0. The fourth-order valence-corrected chi connectivity index (χ4v) is 3.13. The Balaban J connectivity index is 1.92. The minimum absolute atomic E-state index is 0.0640. The van der Waals surface area contributed by atoms with E-state index in [1.807, 2.05) is 12.1 Å². The molecule has 1 aromatic heterocycles. The van der Waals surface area contributed by atoms with Crippen LogP contribution in [0.4, 0.5) is 4.79 Å². The van der Waals surface area contributed by atoms with E-state index in [2.05, 4.69) is 10.5 Å². The number of hydrogen-bond donors (Lipinski definition) is 1. The van der Waals surface area contributed by atoms with Crippen molar-refractivity contribution in [3.63, 3.8) is 0 Å². The van der Waals surface area contributed by atoms with Gasteiger partial charge in [-0.15, -0.1) is 5.48 Å². The van der Waals surface area contributed by atoms with Crippen LogP contribution in [0.15, 0.2) is 24.5 Å². The number of pyridine rings is 1. The van der Waals surface area contributed by atoms with Crippen molar-refractivity contribution in [1.82, 2.24) is 10.5 Å². The molecule has 0 saturated heterocycles. The predicted molar refractivity (Wildman–Crippen MR) is 89.0 cm³/mol. The summed E-state index contributed by atoms with van der Waals surface area (Å²) in [5.41, 5.74) is 2.46. The van der Waals surface area contributed by atoms with E-state index < -0.39 is 17.7 Å². The normalized spacial score (nSPS) is 16.5. The Morgan fingerprint density at radius 3 is 2.62 bits per heavy atom. The van der Waals surface area contributed by atoms with Gasteiger partial charge in [-0.25, -0.2) is 9.59 Å². The smallest absolute Gasteiger partial charge is 0.441 e. The van der Waals surface area contributed by atoms with Gasteiger partial charge in [0.15, 0.2) is 0 Å². The highest BCUT2D eigenvalue weighted by atomic mass is 16.7. The second-order valence-corrected chi connectivity index (χ2v) is 7.22. The molecule has 0 aromatic carbocycles. The number of carbonyl (C=O) groups excluding carboxylic acids is 2. The van der Waals surface area contributed by atoms with Crippen molar-refractivity contribution in [3.05, 3.63) is 30.1 Å². The maximum Gasteiger partial charge on any atom is 0.441 e. The van der Waals surface area contributed by atoms with Gasteiger partial charge in [-0.1, -0.05) is 18.9 Å². The van der Waals surface area contributed by atoms with Gasteiger partial charge in [0.25, 0.3) is 0 Å². The van der Waals surface area contributed by atoms with Crippen LogP contribution in [0.1, 0.15) is 64.4 Å². The van der Waals surface area contributed by atoms with E-state index >= 15 is 0 Å². The number of rotatable bonds is 4. The van der Waals surface area contributed by atoms with Crippen LogP contribution in [0.25, 0.3) is 0 Å². The monoisotopic (exact) mass is 334 g/mol. The molecule has 1 unspecified atom stereocenters. The van der Waals surface area contributed by atoms with Gasteiger partial charge in [0, 0.05) is 12.4 Å². The number of nitrogens with zero attached hydrogens (tertiary/aromatic N) is 1. The lowest BCUT2D eigenvalue weighted by Crippen LogP contribution is -2.34. The van der Waals surface area contributed by atoms with Crippen molar-refractivity contribution in [2.45, 2.75) is 64.4 Å². The Morgan fingerprint density at radius 1 is 1.33 bits per heavy atom. The van der Waals surface area contributed by atoms with Gasteiger partial charge < -0.3 is 9.57 Å². The van der Waals surface area contributed by atoms with Crippen LogP contribution in [-0.2, 0) is 14.4 Å². The van der Waals surface area contributed by atoms with Crippen molar-refractivity contribution in [3.8, 4) is 0 Å². The van der Waals surface area contributed by atoms with Crippen molar-refractivity contribution in [2.24, 2.45) is 5.92 Å². The number of hydroxylamine groups is 1. The van der Waals surface area contributed by atoms with E-state index in [4.69, 9.17) is 9.57 Å². The first-order chi connectivity index (χ1) is 11.3. The first kappa shape index (κ1) is 18.2. The van der Waals surface area contributed by atoms with Gasteiger partial charge in [0.1, 0.15) is 5.60 Å². The van der Waals surface area contributed by atoms with E-state index in [1.165, 1.54) is 12.8 Å². The maximum atomic E-state index is 12.1. The van der Waals surface area contributed by atoms with Crippen LogP contribution in [0, 0.1) is 5.92 Å². The van der Waals surface area contributed by atoms with Crippen molar-refractivity contribution < 1.29 is 19.2 Å². The highest BCUT2D eigenvalue weighted by molar-refractivity contribution is 5.74. The first-order valence-electron chi connectivity index (χ1n) is 8.44. The van der Waals surface area contributed by atoms with Crippen LogP contribution in [0.5, 0.6) is 0 Å². The van der Waals surface area contributed by atoms with E-state index in [0.29, 0.717) is 5.92 Å². The van der Waals surface area contributed by atoms with Gasteiger partial charge in [0.2, 0.25) is 0 Å². The summed E-state index contributed by atoms with van der Waals surface area (Å²) in [6.07, 6.45) is 7.55. The van der Waals surface area contributed by atoms with Crippen LogP contribution in [-0.4, -0.2) is 22.6 Å². The van der Waals surface area contributed by atoms with E-state index in [9.17, 15) is 9.59 Å². The number of nitrogens with one attached hydrogen (secondary N) is 1. The fourth-order valence-electron chi connectivity index (χ4n) is 3.13. The third kappa shape index (κ3) is 5.83. The van der Waals surface area contributed by atoms with Crippen LogP contribution >= 0.6 is 0 Å². The molecule has 1 aromatic rings. The van der Waals surface area contributed by atoms with Crippen molar-refractivity contribution >= 4 is 12.1 Å². The van der Waals surface area contributed by atoms with Gasteiger partial charge in [-0.3, -0.25) is 4.98 Å². The van der Waals surface area contributed by atoms with Gasteiger partial charge in [0.05, 0.1) is 6.42 Å². The second-order valence-electron chi connectivity index (χ2n) is 7.22. The molecule has 0 radical (unpaired) electrons. The average molecular weight is 334 g/mol. The topological polar surface area (TPSA) is 77.5 Å². The SMILES string of the molecule is CC(C)(C)OC(=O)NOC(=O)CC(c1cccnc1)C1CCCC1. The van der Waals surface area contributed by atoms with E-state index in [-0.39, 0.29) is 12.3 Å². The maximum absolute atomic E-state index is 12.1. The molecule has 1 heterocycles. The highest BCUT2D eigenvalue weighted by Gasteiger charge is 2.29. The first-order valence-corrected chi connectivity index (χ1v) is 8.44. The molecule has 1 fully saturated rings. The Bertz CT molecular complexity index is 548. The molecule has 0 bridgehead atoms. The summed E-state index contributed by atoms with van der Waals surface area (Å²) in [7, 11) is 0. The quantitative estimate of drug-likeness (QED) is 0.849. The standard InChI is InChI=1S/C18H26N2O4/c1-18(2,3)23-17(22)20-24-16(21)11-15(13-7-4-5-8-13)14-9-6-10-19-12-14/h6,9-10,12-13,15H,4-5,7-8,11H2,1-3H3,(H,20,22). The number of aromatic nitrogens is 1. The lowest BCUT2D eigenvalue weighted by atomic mass is 9.83. The Hall–Kier alpha value is -2.11. The zero-order chi connectivity index (χ0) is 17.6.